The second kappa shape index (κ2) is 9.01. The van der Waals surface area contributed by atoms with Crippen molar-refractivity contribution in [3.63, 3.8) is 0 Å². The molecule has 20 heavy (non-hydrogen) atoms. The Bertz CT molecular complexity index is 274. The highest BCUT2D eigenvalue weighted by atomic mass is 28.4. The lowest BCUT2D eigenvalue weighted by atomic mass is 10.1. The molecule has 3 heteroatoms. The molecule has 0 aliphatic rings. The van der Waals surface area contributed by atoms with Crippen molar-refractivity contribution in [1.29, 1.82) is 0 Å². The Kier molecular flexibility index (Phi) is 8.95. The largest absolute Gasteiger partial charge is 0.415 e. The minimum absolute atomic E-state index is 0.150. The van der Waals surface area contributed by atoms with Crippen LogP contribution in [0.5, 0.6) is 0 Å². The van der Waals surface area contributed by atoms with E-state index >= 15 is 0 Å². The number of aliphatic hydroxyl groups excluding tert-OH is 1. The van der Waals surface area contributed by atoms with Crippen molar-refractivity contribution in [1.82, 2.24) is 0 Å². The fourth-order valence-corrected chi connectivity index (χ4v) is 8.99. The molecule has 120 valence electrons. The van der Waals surface area contributed by atoms with Gasteiger partial charge in [0.05, 0.1) is 6.61 Å². The van der Waals surface area contributed by atoms with E-state index < -0.39 is 8.32 Å². The summed E-state index contributed by atoms with van der Waals surface area (Å²) in [4.78, 5) is 0. The minimum atomic E-state index is -1.76. The molecule has 1 atom stereocenters. The molecule has 0 amide bonds. The molecule has 0 saturated carbocycles. The van der Waals surface area contributed by atoms with Crippen LogP contribution in [0.25, 0.3) is 0 Å². The zero-order valence-electron chi connectivity index (χ0n) is 14.9. The third-order valence-electron chi connectivity index (χ3n) is 4.55. The van der Waals surface area contributed by atoms with Crippen LogP contribution in [0.15, 0.2) is 11.6 Å². The summed E-state index contributed by atoms with van der Waals surface area (Å²) in [5.74, 6) is 0.422. The zero-order valence-corrected chi connectivity index (χ0v) is 15.9. The first kappa shape index (κ1) is 19.9. The van der Waals surface area contributed by atoms with E-state index in [1.54, 1.807) is 0 Å². The van der Waals surface area contributed by atoms with Gasteiger partial charge >= 0.3 is 0 Å². The maximum Gasteiger partial charge on any atom is 0.200 e. The Hall–Kier alpha value is -0.123. The average Bonchev–Trinajstić information content (AvgIpc) is 2.36. The van der Waals surface area contributed by atoms with Gasteiger partial charge in [0.15, 0.2) is 8.32 Å². The highest BCUT2D eigenvalue weighted by Gasteiger charge is 2.45. The van der Waals surface area contributed by atoms with Gasteiger partial charge in [-0.05, 0) is 35.9 Å². The Morgan fingerprint density at radius 1 is 1.05 bits per heavy atom. The van der Waals surface area contributed by atoms with E-state index in [0.29, 0.717) is 22.5 Å². The number of hydrogen-bond donors (Lipinski definition) is 1. The first-order valence-corrected chi connectivity index (χ1v) is 10.3. The molecule has 1 N–H and O–H groups in total. The van der Waals surface area contributed by atoms with Crippen LogP contribution in [0.2, 0.25) is 16.6 Å². The highest BCUT2D eigenvalue weighted by molar-refractivity contribution is 6.77. The summed E-state index contributed by atoms with van der Waals surface area (Å²) in [6, 6.07) is 0. The lowest BCUT2D eigenvalue weighted by molar-refractivity contribution is 0.238. The van der Waals surface area contributed by atoms with Crippen LogP contribution in [-0.2, 0) is 4.43 Å². The number of rotatable bonds is 9. The Morgan fingerprint density at radius 3 is 1.80 bits per heavy atom. The molecule has 0 saturated heterocycles. The van der Waals surface area contributed by atoms with Gasteiger partial charge in [0, 0.05) is 6.61 Å². The minimum Gasteiger partial charge on any atom is -0.415 e. The molecule has 0 aliphatic heterocycles. The molecule has 0 aromatic rings. The van der Waals surface area contributed by atoms with Crippen molar-refractivity contribution in [3.05, 3.63) is 11.6 Å². The van der Waals surface area contributed by atoms with Crippen LogP contribution < -0.4 is 0 Å². The van der Waals surface area contributed by atoms with Crippen molar-refractivity contribution >= 4 is 8.32 Å². The van der Waals surface area contributed by atoms with E-state index in [1.807, 2.05) is 6.92 Å². The third-order valence-corrected chi connectivity index (χ3v) is 10.6. The normalized spacial score (nSPS) is 15.5. The SMILES string of the molecule is CC[C@H](/C=C(/C)CO)CO[Si](C(C)C)(C(C)C)C(C)C. The molecular formula is C17H36O2Si. The summed E-state index contributed by atoms with van der Waals surface area (Å²) in [5.41, 5.74) is 2.93. The third kappa shape index (κ3) is 5.01. The molecule has 0 aromatic heterocycles. The van der Waals surface area contributed by atoms with E-state index in [0.717, 1.165) is 18.6 Å². The summed E-state index contributed by atoms with van der Waals surface area (Å²) in [7, 11) is -1.76. The van der Waals surface area contributed by atoms with E-state index in [2.05, 4.69) is 54.5 Å². The molecule has 0 rings (SSSR count). The van der Waals surface area contributed by atoms with Gasteiger partial charge in [-0.3, -0.25) is 0 Å². The molecule has 0 heterocycles. The second-order valence-corrected chi connectivity index (χ2v) is 12.4. The summed E-state index contributed by atoms with van der Waals surface area (Å²) < 4.78 is 6.63. The Morgan fingerprint density at radius 2 is 1.50 bits per heavy atom. The molecule has 0 fully saturated rings. The molecular weight excluding hydrogens is 264 g/mol. The highest BCUT2D eigenvalue weighted by Crippen LogP contribution is 2.42. The maximum atomic E-state index is 9.17. The van der Waals surface area contributed by atoms with Gasteiger partial charge in [0.2, 0.25) is 0 Å². The topological polar surface area (TPSA) is 29.5 Å². The predicted molar refractivity (Wildman–Crippen MR) is 91.6 cm³/mol. The zero-order chi connectivity index (χ0) is 15.9. The van der Waals surface area contributed by atoms with Crippen molar-refractivity contribution in [2.75, 3.05) is 13.2 Å². The van der Waals surface area contributed by atoms with Crippen LogP contribution in [0.1, 0.15) is 61.8 Å². The van der Waals surface area contributed by atoms with Crippen LogP contribution in [0.4, 0.5) is 0 Å². The van der Waals surface area contributed by atoms with E-state index in [-0.39, 0.29) is 6.61 Å². The predicted octanol–water partition coefficient (Wildman–Crippen LogP) is 5.14. The van der Waals surface area contributed by atoms with Gasteiger partial charge in [0.25, 0.3) is 0 Å². The van der Waals surface area contributed by atoms with Crippen molar-refractivity contribution in [2.24, 2.45) is 5.92 Å². The molecule has 0 aliphatic carbocycles. The first-order valence-electron chi connectivity index (χ1n) is 8.14. The molecule has 0 aromatic carbocycles. The van der Waals surface area contributed by atoms with Crippen LogP contribution in [0, 0.1) is 5.92 Å². The van der Waals surface area contributed by atoms with Gasteiger partial charge in [-0.25, -0.2) is 0 Å². The standard InChI is InChI=1S/C17H36O2Si/c1-9-17(10-16(8)11-18)12-19-20(13(2)3,14(4)5)15(6)7/h10,13-15,17-18H,9,11-12H2,1-8H3/b16-10-/t17-/m1/s1. The number of hydrogen-bond acceptors (Lipinski definition) is 2. The van der Waals surface area contributed by atoms with Crippen LogP contribution >= 0.6 is 0 Å². The second-order valence-electron chi connectivity index (χ2n) is 6.97. The quantitative estimate of drug-likeness (QED) is 0.472. The lowest BCUT2D eigenvalue weighted by Gasteiger charge is -2.42. The van der Waals surface area contributed by atoms with Gasteiger partial charge in [-0.2, -0.15) is 0 Å². The van der Waals surface area contributed by atoms with Crippen molar-refractivity contribution < 1.29 is 9.53 Å². The van der Waals surface area contributed by atoms with Gasteiger partial charge in [-0.1, -0.05) is 60.1 Å². The van der Waals surface area contributed by atoms with Crippen molar-refractivity contribution in [2.45, 2.75) is 78.4 Å². The summed E-state index contributed by atoms with van der Waals surface area (Å²) >= 11 is 0. The Labute approximate surface area is 127 Å². The van der Waals surface area contributed by atoms with E-state index in [4.69, 9.17) is 4.43 Å². The van der Waals surface area contributed by atoms with E-state index in [1.165, 1.54) is 0 Å². The fourth-order valence-electron chi connectivity index (χ4n) is 3.49. The molecule has 2 nitrogen and oxygen atoms in total. The average molecular weight is 301 g/mol. The summed E-state index contributed by atoms with van der Waals surface area (Å²) in [5, 5.41) is 9.17. The summed E-state index contributed by atoms with van der Waals surface area (Å²) in [6.07, 6.45) is 3.25. The molecule has 0 radical (unpaired) electrons. The van der Waals surface area contributed by atoms with Gasteiger partial charge in [-0.15, -0.1) is 0 Å². The van der Waals surface area contributed by atoms with Gasteiger partial charge in [0.1, 0.15) is 0 Å². The Balaban J connectivity index is 5.01. The molecule has 0 spiro atoms. The number of aliphatic hydroxyl groups is 1. The summed E-state index contributed by atoms with van der Waals surface area (Å²) in [6.45, 7) is 19.1. The molecule has 0 bridgehead atoms. The monoisotopic (exact) mass is 300 g/mol. The van der Waals surface area contributed by atoms with Gasteiger partial charge < -0.3 is 9.53 Å². The molecule has 0 unspecified atom stereocenters. The fraction of sp³-hybridized carbons (Fsp3) is 0.882. The van der Waals surface area contributed by atoms with E-state index in [9.17, 15) is 5.11 Å². The van der Waals surface area contributed by atoms with Crippen LogP contribution in [0.3, 0.4) is 0 Å². The van der Waals surface area contributed by atoms with Crippen molar-refractivity contribution in [3.8, 4) is 0 Å². The van der Waals surface area contributed by atoms with Crippen LogP contribution in [-0.4, -0.2) is 26.6 Å². The first-order chi connectivity index (χ1) is 9.22. The maximum absolute atomic E-state index is 9.17. The smallest absolute Gasteiger partial charge is 0.200 e. The lowest BCUT2D eigenvalue weighted by Crippen LogP contribution is -2.48.